The molecular formula is C16H19N3O3. The fourth-order valence-electron chi connectivity index (χ4n) is 2.66. The van der Waals surface area contributed by atoms with Crippen LogP contribution >= 0.6 is 0 Å². The first-order chi connectivity index (χ1) is 10.7. The number of ether oxygens (including phenoxy) is 2. The minimum Gasteiger partial charge on any atom is -0.489 e. The van der Waals surface area contributed by atoms with Crippen molar-refractivity contribution in [1.82, 2.24) is 14.9 Å². The zero-order chi connectivity index (χ0) is 15.5. The maximum atomic E-state index is 11.5. The molecule has 0 saturated carbocycles. The summed E-state index contributed by atoms with van der Waals surface area (Å²) in [5.74, 6) is 0.508. The van der Waals surface area contributed by atoms with Crippen molar-refractivity contribution in [2.24, 2.45) is 7.05 Å². The van der Waals surface area contributed by atoms with E-state index < -0.39 is 0 Å². The number of rotatable bonds is 4. The molecule has 22 heavy (non-hydrogen) atoms. The average Bonchev–Trinajstić information content (AvgIpc) is 3.16. The van der Waals surface area contributed by atoms with Gasteiger partial charge in [-0.25, -0.2) is 0 Å². The summed E-state index contributed by atoms with van der Waals surface area (Å²) in [6.07, 6.45) is 4.27. The molecule has 2 aromatic heterocycles. The summed E-state index contributed by atoms with van der Waals surface area (Å²) in [4.78, 5) is 15.9. The van der Waals surface area contributed by atoms with Gasteiger partial charge in [0.05, 0.1) is 18.5 Å². The van der Waals surface area contributed by atoms with Crippen molar-refractivity contribution in [1.29, 1.82) is 0 Å². The lowest BCUT2D eigenvalue weighted by Crippen LogP contribution is -2.31. The van der Waals surface area contributed by atoms with Gasteiger partial charge in [0.15, 0.2) is 0 Å². The number of carbonyl (C=O) groups is 1. The van der Waals surface area contributed by atoms with Crippen LogP contribution in [0.1, 0.15) is 6.42 Å². The molecule has 6 nitrogen and oxygen atoms in total. The van der Waals surface area contributed by atoms with E-state index in [1.54, 1.807) is 6.20 Å². The highest BCUT2D eigenvalue weighted by Gasteiger charge is 2.31. The topological polar surface area (TPSA) is 65.4 Å². The number of aromatic nitrogens is 2. The van der Waals surface area contributed by atoms with Gasteiger partial charge in [0.1, 0.15) is 17.9 Å². The van der Waals surface area contributed by atoms with Crippen molar-refractivity contribution in [3.8, 4) is 17.1 Å². The van der Waals surface area contributed by atoms with E-state index in [9.17, 15) is 4.79 Å². The number of methoxy groups -OCH3 is 1. The molecule has 0 spiro atoms. The number of nitrogens with zero attached hydrogens (tertiary/aromatic N) is 2. The molecule has 2 atom stereocenters. The number of carbonyl (C=O) groups excluding carboxylic acids is 1. The van der Waals surface area contributed by atoms with Gasteiger partial charge in [-0.2, -0.15) is 0 Å². The van der Waals surface area contributed by atoms with Gasteiger partial charge in [-0.05, 0) is 18.2 Å². The third-order valence-corrected chi connectivity index (χ3v) is 3.82. The fraction of sp³-hybridized carbons (Fsp3) is 0.375. The Balaban J connectivity index is 1.69. The van der Waals surface area contributed by atoms with Crippen molar-refractivity contribution in [2.75, 3.05) is 13.7 Å². The molecule has 1 N–H and O–H groups in total. The first-order valence-electron chi connectivity index (χ1n) is 7.23. The molecule has 1 saturated heterocycles. The summed E-state index contributed by atoms with van der Waals surface area (Å²) in [6, 6.07) is 7.45. The lowest BCUT2D eigenvalue weighted by atomic mass is 10.2. The molecule has 1 aliphatic rings. The first kappa shape index (κ1) is 14.6. The standard InChI is InChI=1S/C16H19N3O3/c1-19-7-3-4-15(19)13-8-11(5-6-17-13)22-12-9-14(18-10-12)16(20)21-2/h3-8,12,14,18H,9-10H2,1-2H3. The Kier molecular flexibility index (Phi) is 4.11. The zero-order valence-corrected chi connectivity index (χ0v) is 12.7. The quantitative estimate of drug-likeness (QED) is 0.864. The molecule has 2 unspecified atom stereocenters. The van der Waals surface area contributed by atoms with Gasteiger partial charge in [-0.1, -0.05) is 0 Å². The Hall–Kier alpha value is -2.34. The Labute approximate surface area is 129 Å². The van der Waals surface area contributed by atoms with E-state index in [-0.39, 0.29) is 18.1 Å². The Morgan fingerprint density at radius 2 is 2.32 bits per heavy atom. The first-order valence-corrected chi connectivity index (χ1v) is 7.23. The van der Waals surface area contributed by atoms with Gasteiger partial charge in [0.2, 0.25) is 0 Å². The maximum Gasteiger partial charge on any atom is 0.323 e. The normalized spacial score (nSPS) is 20.8. The highest BCUT2D eigenvalue weighted by molar-refractivity contribution is 5.76. The van der Waals surface area contributed by atoms with E-state index in [1.807, 2.05) is 42.1 Å². The predicted molar refractivity (Wildman–Crippen MR) is 81.5 cm³/mol. The van der Waals surface area contributed by atoms with Crippen LogP contribution in [0.4, 0.5) is 0 Å². The Morgan fingerprint density at radius 1 is 1.45 bits per heavy atom. The van der Waals surface area contributed by atoms with E-state index in [1.165, 1.54) is 7.11 Å². The second-order valence-electron chi connectivity index (χ2n) is 5.34. The van der Waals surface area contributed by atoms with Crippen LogP contribution in [0.15, 0.2) is 36.7 Å². The second-order valence-corrected chi connectivity index (χ2v) is 5.34. The van der Waals surface area contributed by atoms with Crippen molar-refractivity contribution >= 4 is 5.97 Å². The summed E-state index contributed by atoms with van der Waals surface area (Å²) in [5, 5.41) is 3.11. The van der Waals surface area contributed by atoms with Crippen LogP contribution in [0.25, 0.3) is 11.4 Å². The van der Waals surface area contributed by atoms with Crippen LogP contribution in [-0.4, -0.2) is 41.3 Å². The fourth-order valence-corrected chi connectivity index (χ4v) is 2.66. The molecule has 1 aliphatic heterocycles. The van der Waals surface area contributed by atoms with Gasteiger partial charge < -0.3 is 19.4 Å². The molecule has 2 aromatic rings. The second kappa shape index (κ2) is 6.19. The zero-order valence-electron chi connectivity index (χ0n) is 12.7. The Bertz CT molecular complexity index is 668. The minimum absolute atomic E-state index is 0.0484. The largest absolute Gasteiger partial charge is 0.489 e. The molecule has 6 heteroatoms. The van der Waals surface area contributed by atoms with Crippen molar-refractivity contribution in [3.63, 3.8) is 0 Å². The summed E-state index contributed by atoms with van der Waals surface area (Å²) < 4.78 is 12.7. The minimum atomic E-state index is -0.288. The van der Waals surface area contributed by atoms with Crippen molar-refractivity contribution < 1.29 is 14.3 Å². The molecular weight excluding hydrogens is 282 g/mol. The van der Waals surface area contributed by atoms with Gasteiger partial charge in [-0.3, -0.25) is 9.78 Å². The SMILES string of the molecule is COC(=O)C1CC(Oc2ccnc(-c3cccn3C)c2)CN1. The van der Waals surface area contributed by atoms with E-state index >= 15 is 0 Å². The van der Waals surface area contributed by atoms with Crippen LogP contribution in [0.3, 0.4) is 0 Å². The number of esters is 1. The van der Waals surface area contributed by atoms with E-state index in [4.69, 9.17) is 9.47 Å². The molecule has 1 fully saturated rings. The summed E-state index contributed by atoms with van der Waals surface area (Å²) in [5.41, 5.74) is 1.89. The van der Waals surface area contributed by atoms with E-state index in [0.29, 0.717) is 13.0 Å². The molecule has 3 heterocycles. The van der Waals surface area contributed by atoms with Gasteiger partial charge in [-0.15, -0.1) is 0 Å². The van der Waals surface area contributed by atoms with Gasteiger partial charge in [0, 0.05) is 38.5 Å². The number of hydrogen-bond acceptors (Lipinski definition) is 5. The average molecular weight is 301 g/mol. The molecule has 0 amide bonds. The highest BCUT2D eigenvalue weighted by Crippen LogP contribution is 2.23. The Morgan fingerprint density at radius 3 is 3.05 bits per heavy atom. The third kappa shape index (κ3) is 2.96. The lowest BCUT2D eigenvalue weighted by Gasteiger charge is -2.13. The van der Waals surface area contributed by atoms with Crippen LogP contribution in [0.2, 0.25) is 0 Å². The number of nitrogens with one attached hydrogen (secondary N) is 1. The smallest absolute Gasteiger partial charge is 0.323 e. The molecule has 116 valence electrons. The maximum absolute atomic E-state index is 11.5. The van der Waals surface area contributed by atoms with Crippen molar-refractivity contribution in [3.05, 3.63) is 36.7 Å². The number of pyridine rings is 1. The molecule has 0 aliphatic carbocycles. The molecule has 0 aromatic carbocycles. The molecule has 0 radical (unpaired) electrons. The lowest BCUT2D eigenvalue weighted by molar-refractivity contribution is -0.142. The van der Waals surface area contributed by atoms with E-state index in [0.717, 1.165) is 17.1 Å². The summed E-state index contributed by atoms with van der Waals surface area (Å²) in [7, 11) is 3.37. The van der Waals surface area contributed by atoms with Crippen LogP contribution in [0, 0.1) is 0 Å². The highest BCUT2D eigenvalue weighted by atomic mass is 16.5. The third-order valence-electron chi connectivity index (χ3n) is 3.82. The summed E-state index contributed by atoms with van der Waals surface area (Å²) >= 11 is 0. The van der Waals surface area contributed by atoms with E-state index in [2.05, 4.69) is 10.3 Å². The monoisotopic (exact) mass is 301 g/mol. The number of hydrogen-bond donors (Lipinski definition) is 1. The van der Waals surface area contributed by atoms with Crippen LogP contribution < -0.4 is 10.1 Å². The van der Waals surface area contributed by atoms with Crippen LogP contribution in [0.5, 0.6) is 5.75 Å². The number of aryl methyl sites for hydroxylation is 1. The van der Waals surface area contributed by atoms with Crippen molar-refractivity contribution in [2.45, 2.75) is 18.6 Å². The van der Waals surface area contributed by atoms with Crippen LogP contribution in [-0.2, 0) is 16.6 Å². The van der Waals surface area contributed by atoms with Gasteiger partial charge >= 0.3 is 5.97 Å². The molecule has 3 rings (SSSR count). The summed E-state index contributed by atoms with van der Waals surface area (Å²) in [6.45, 7) is 0.627. The van der Waals surface area contributed by atoms with Gasteiger partial charge in [0.25, 0.3) is 0 Å². The predicted octanol–water partition coefficient (Wildman–Crippen LogP) is 1.37. The molecule has 0 bridgehead atoms.